The van der Waals surface area contributed by atoms with E-state index in [-0.39, 0.29) is 12.5 Å². The lowest BCUT2D eigenvalue weighted by atomic mass is 10.2. The highest BCUT2D eigenvalue weighted by Crippen LogP contribution is 2.16. The minimum Gasteiger partial charge on any atom is -0.381 e. The lowest BCUT2D eigenvalue weighted by molar-refractivity contribution is -0.184. The molecule has 2 aromatic rings. The number of hydroxylamine groups is 2. The molecule has 0 aromatic heterocycles. The van der Waals surface area contributed by atoms with Gasteiger partial charge < -0.3 is 4.84 Å². The Morgan fingerprint density at radius 3 is 2.41 bits per heavy atom. The minimum absolute atomic E-state index is 0.273. The van der Waals surface area contributed by atoms with Gasteiger partial charge in [0.05, 0.1) is 0 Å². The zero-order valence-electron chi connectivity index (χ0n) is 12.2. The standard InChI is InChI=1S/C17H16N2O3/c1-13-17(20)19(21-12-14-8-4-2-5-9-14)16(18-22-13)15-10-6-3-7-11-15/h2-11,13H,12H2,1H3. The molecule has 0 fully saturated rings. The summed E-state index contributed by atoms with van der Waals surface area (Å²) in [6.07, 6.45) is -0.664. The van der Waals surface area contributed by atoms with Crippen LogP contribution < -0.4 is 0 Å². The monoisotopic (exact) mass is 296 g/mol. The van der Waals surface area contributed by atoms with Gasteiger partial charge in [-0.25, -0.2) is 0 Å². The first-order valence-corrected chi connectivity index (χ1v) is 7.06. The number of hydrogen-bond acceptors (Lipinski definition) is 4. The van der Waals surface area contributed by atoms with E-state index in [4.69, 9.17) is 9.68 Å². The van der Waals surface area contributed by atoms with E-state index in [1.54, 1.807) is 6.92 Å². The molecule has 0 radical (unpaired) electrons. The summed E-state index contributed by atoms with van der Waals surface area (Å²) in [6.45, 7) is 1.93. The van der Waals surface area contributed by atoms with Crippen LogP contribution in [0.2, 0.25) is 0 Å². The van der Waals surface area contributed by atoms with Gasteiger partial charge in [-0.15, -0.1) is 0 Å². The van der Waals surface area contributed by atoms with Crippen molar-refractivity contribution >= 4 is 11.7 Å². The maximum atomic E-state index is 12.3. The van der Waals surface area contributed by atoms with Gasteiger partial charge in [0.25, 0.3) is 5.91 Å². The van der Waals surface area contributed by atoms with Crippen LogP contribution >= 0.6 is 0 Å². The lowest BCUT2D eigenvalue weighted by Gasteiger charge is -2.28. The third kappa shape index (κ3) is 2.99. The minimum atomic E-state index is -0.664. The van der Waals surface area contributed by atoms with Gasteiger partial charge in [0.15, 0.2) is 0 Å². The summed E-state index contributed by atoms with van der Waals surface area (Å²) in [5.41, 5.74) is 1.73. The summed E-state index contributed by atoms with van der Waals surface area (Å²) in [5, 5.41) is 5.24. The Hall–Kier alpha value is -2.66. The highest BCUT2D eigenvalue weighted by molar-refractivity contribution is 6.08. The summed E-state index contributed by atoms with van der Waals surface area (Å²) >= 11 is 0. The predicted molar refractivity (Wildman–Crippen MR) is 81.6 cm³/mol. The van der Waals surface area contributed by atoms with E-state index in [0.29, 0.717) is 5.84 Å². The van der Waals surface area contributed by atoms with Crippen molar-refractivity contribution < 1.29 is 14.5 Å². The smallest absolute Gasteiger partial charge is 0.296 e. The van der Waals surface area contributed by atoms with E-state index in [1.165, 1.54) is 5.06 Å². The van der Waals surface area contributed by atoms with Gasteiger partial charge in [0, 0.05) is 5.56 Å². The number of amidine groups is 1. The molecule has 2 aromatic carbocycles. The molecule has 0 saturated heterocycles. The van der Waals surface area contributed by atoms with Gasteiger partial charge >= 0.3 is 0 Å². The highest BCUT2D eigenvalue weighted by atomic mass is 16.7. The normalized spacial score (nSPS) is 17.9. The van der Waals surface area contributed by atoms with Crippen molar-refractivity contribution in [2.45, 2.75) is 19.6 Å². The molecule has 112 valence electrons. The van der Waals surface area contributed by atoms with Crippen LogP contribution in [-0.2, 0) is 21.1 Å². The van der Waals surface area contributed by atoms with Crippen molar-refractivity contribution in [1.29, 1.82) is 0 Å². The van der Waals surface area contributed by atoms with E-state index < -0.39 is 6.10 Å². The second-order valence-corrected chi connectivity index (χ2v) is 4.92. The summed E-state index contributed by atoms with van der Waals surface area (Å²) < 4.78 is 0. The molecule has 1 heterocycles. The topological polar surface area (TPSA) is 51.1 Å². The number of carbonyl (C=O) groups excluding carboxylic acids is 1. The van der Waals surface area contributed by atoms with Gasteiger partial charge in [-0.3, -0.25) is 9.63 Å². The number of amides is 1. The first-order chi connectivity index (χ1) is 10.8. The Bertz CT molecular complexity index is 671. The molecule has 5 nitrogen and oxygen atoms in total. The second-order valence-electron chi connectivity index (χ2n) is 4.92. The maximum absolute atomic E-state index is 12.3. The van der Waals surface area contributed by atoms with E-state index >= 15 is 0 Å². The van der Waals surface area contributed by atoms with Crippen molar-refractivity contribution in [3.8, 4) is 0 Å². The zero-order valence-corrected chi connectivity index (χ0v) is 12.2. The van der Waals surface area contributed by atoms with Crippen LogP contribution in [0.25, 0.3) is 0 Å². The number of benzene rings is 2. The van der Waals surface area contributed by atoms with E-state index in [1.807, 2.05) is 60.7 Å². The quantitative estimate of drug-likeness (QED) is 0.871. The molecule has 0 bridgehead atoms. The molecule has 3 rings (SSSR count). The maximum Gasteiger partial charge on any atom is 0.296 e. The van der Waals surface area contributed by atoms with Crippen LogP contribution in [0.3, 0.4) is 0 Å². The van der Waals surface area contributed by atoms with Crippen LogP contribution in [0, 0.1) is 0 Å². The Morgan fingerprint density at radius 1 is 1.09 bits per heavy atom. The van der Waals surface area contributed by atoms with Gasteiger partial charge in [-0.2, -0.15) is 5.06 Å². The summed E-state index contributed by atoms with van der Waals surface area (Å²) in [7, 11) is 0. The molecule has 22 heavy (non-hydrogen) atoms. The van der Waals surface area contributed by atoms with E-state index in [2.05, 4.69) is 5.16 Å². The van der Waals surface area contributed by atoms with Crippen LogP contribution in [0.5, 0.6) is 0 Å². The molecule has 0 saturated carbocycles. The van der Waals surface area contributed by atoms with Crippen molar-refractivity contribution in [2.75, 3.05) is 0 Å². The van der Waals surface area contributed by atoms with E-state index in [0.717, 1.165) is 11.1 Å². The molecule has 0 spiro atoms. The number of hydrogen-bond donors (Lipinski definition) is 0. The Morgan fingerprint density at radius 2 is 1.73 bits per heavy atom. The SMILES string of the molecule is CC1ON=C(c2ccccc2)N(OCc2ccccc2)C1=O. The fourth-order valence-electron chi connectivity index (χ4n) is 2.08. The number of carbonyl (C=O) groups is 1. The average molecular weight is 296 g/mol. The molecule has 5 heteroatoms. The van der Waals surface area contributed by atoms with Crippen molar-refractivity contribution in [1.82, 2.24) is 5.06 Å². The molecule has 1 atom stereocenters. The van der Waals surface area contributed by atoms with Crippen LogP contribution in [-0.4, -0.2) is 22.9 Å². The van der Waals surface area contributed by atoms with Crippen molar-refractivity contribution in [2.24, 2.45) is 5.16 Å². The highest BCUT2D eigenvalue weighted by Gasteiger charge is 2.33. The summed E-state index contributed by atoms with van der Waals surface area (Å²) in [6, 6.07) is 19.0. The second kappa shape index (κ2) is 6.41. The molecular weight excluding hydrogens is 280 g/mol. The summed E-state index contributed by atoms with van der Waals surface area (Å²) in [5.74, 6) is 0.0874. The number of oxime groups is 1. The van der Waals surface area contributed by atoms with Crippen molar-refractivity contribution in [3.05, 3.63) is 71.8 Å². The predicted octanol–water partition coefficient (Wildman–Crippen LogP) is 2.73. The Balaban J connectivity index is 1.83. The summed E-state index contributed by atoms with van der Waals surface area (Å²) in [4.78, 5) is 23.2. The molecule has 1 aliphatic rings. The molecule has 1 aliphatic heterocycles. The molecule has 0 aliphatic carbocycles. The number of nitrogens with zero attached hydrogens (tertiary/aromatic N) is 2. The van der Waals surface area contributed by atoms with Gasteiger partial charge in [0.2, 0.25) is 11.9 Å². The fraction of sp³-hybridized carbons (Fsp3) is 0.176. The van der Waals surface area contributed by atoms with Crippen LogP contribution in [0.15, 0.2) is 65.8 Å². The third-order valence-electron chi connectivity index (χ3n) is 3.27. The lowest BCUT2D eigenvalue weighted by Crippen LogP contribution is -2.46. The number of rotatable bonds is 4. The first kappa shape index (κ1) is 14.3. The van der Waals surface area contributed by atoms with Gasteiger partial charge in [-0.05, 0) is 12.5 Å². The van der Waals surface area contributed by atoms with Crippen LogP contribution in [0.1, 0.15) is 18.1 Å². The molecular formula is C17H16N2O3. The molecule has 0 N–H and O–H groups in total. The van der Waals surface area contributed by atoms with Crippen molar-refractivity contribution in [3.63, 3.8) is 0 Å². The van der Waals surface area contributed by atoms with Gasteiger partial charge in [0.1, 0.15) is 6.61 Å². The Labute approximate surface area is 128 Å². The van der Waals surface area contributed by atoms with Gasteiger partial charge in [-0.1, -0.05) is 65.8 Å². The molecule has 1 amide bonds. The first-order valence-electron chi connectivity index (χ1n) is 7.06. The average Bonchev–Trinajstić information content (AvgIpc) is 2.58. The zero-order chi connectivity index (χ0) is 15.4. The largest absolute Gasteiger partial charge is 0.381 e. The Kier molecular flexibility index (Phi) is 4.16. The fourth-order valence-corrected chi connectivity index (χ4v) is 2.08. The van der Waals surface area contributed by atoms with E-state index in [9.17, 15) is 4.79 Å². The van der Waals surface area contributed by atoms with Crippen LogP contribution in [0.4, 0.5) is 0 Å². The third-order valence-corrected chi connectivity index (χ3v) is 3.27. The molecule has 1 unspecified atom stereocenters.